The molecule has 6 nitrogen and oxygen atoms in total. The van der Waals surface area contributed by atoms with Gasteiger partial charge in [0.25, 0.3) is 5.91 Å². The first-order chi connectivity index (χ1) is 11.7. The molecule has 0 saturated heterocycles. The summed E-state index contributed by atoms with van der Waals surface area (Å²) in [6.07, 6.45) is 2.03. The van der Waals surface area contributed by atoms with Crippen LogP contribution in [0.3, 0.4) is 0 Å². The molecule has 2 amide bonds. The molecule has 0 bridgehead atoms. The largest absolute Gasteiger partial charge is 0.459 e. The molecule has 124 valence electrons. The van der Waals surface area contributed by atoms with Gasteiger partial charge in [-0.2, -0.15) is 5.26 Å². The van der Waals surface area contributed by atoms with E-state index in [1.807, 2.05) is 24.3 Å². The number of amides is 2. The molecule has 0 aliphatic carbocycles. The zero-order valence-corrected chi connectivity index (χ0v) is 13.8. The summed E-state index contributed by atoms with van der Waals surface area (Å²) in [5.74, 6) is 0.348. The molecule has 0 saturated carbocycles. The summed E-state index contributed by atoms with van der Waals surface area (Å²) in [4.78, 5) is 24.6. The molecule has 0 fully saturated rings. The molecule has 2 aromatic rings. The van der Waals surface area contributed by atoms with E-state index in [9.17, 15) is 9.59 Å². The zero-order chi connectivity index (χ0) is 17.2. The monoisotopic (exact) mass is 343 g/mol. The van der Waals surface area contributed by atoms with Crippen molar-refractivity contribution in [2.75, 3.05) is 17.6 Å². The second-order valence-electron chi connectivity index (χ2n) is 4.78. The molecule has 0 aliphatic heterocycles. The molecule has 1 heterocycles. The molecule has 0 spiro atoms. The van der Waals surface area contributed by atoms with Gasteiger partial charge >= 0.3 is 0 Å². The van der Waals surface area contributed by atoms with Gasteiger partial charge in [0.05, 0.1) is 18.0 Å². The maximum atomic E-state index is 12.0. The van der Waals surface area contributed by atoms with Crippen LogP contribution in [0.5, 0.6) is 0 Å². The van der Waals surface area contributed by atoms with Gasteiger partial charge < -0.3 is 15.1 Å². The summed E-state index contributed by atoms with van der Waals surface area (Å²) >= 11 is 1.52. The van der Waals surface area contributed by atoms with Crippen LogP contribution in [-0.4, -0.2) is 24.1 Å². The Labute approximate surface area is 144 Å². The molecule has 24 heavy (non-hydrogen) atoms. The van der Waals surface area contributed by atoms with Crippen molar-refractivity contribution in [3.05, 3.63) is 48.4 Å². The molecule has 1 aromatic carbocycles. The van der Waals surface area contributed by atoms with E-state index in [2.05, 4.69) is 16.7 Å². The number of nitrogens with zero attached hydrogens (tertiary/aromatic N) is 1. The quantitative estimate of drug-likeness (QED) is 0.567. The van der Waals surface area contributed by atoms with Crippen molar-refractivity contribution in [3.63, 3.8) is 0 Å². The average Bonchev–Trinajstić information content (AvgIpc) is 3.11. The highest BCUT2D eigenvalue weighted by Gasteiger charge is 2.10. The number of hydrogen-bond donors (Lipinski definition) is 2. The van der Waals surface area contributed by atoms with Crippen LogP contribution in [0.15, 0.2) is 52.0 Å². The van der Waals surface area contributed by atoms with Gasteiger partial charge in [-0.25, -0.2) is 0 Å². The van der Waals surface area contributed by atoms with E-state index in [0.717, 1.165) is 4.90 Å². The topological polar surface area (TPSA) is 95.1 Å². The van der Waals surface area contributed by atoms with Gasteiger partial charge in [-0.05, 0) is 24.3 Å². The van der Waals surface area contributed by atoms with Crippen LogP contribution in [0, 0.1) is 11.3 Å². The fraction of sp³-hybridized carbons (Fsp3) is 0.235. The van der Waals surface area contributed by atoms with Crippen molar-refractivity contribution in [1.29, 1.82) is 5.26 Å². The van der Waals surface area contributed by atoms with Crippen molar-refractivity contribution in [2.45, 2.75) is 17.7 Å². The van der Waals surface area contributed by atoms with Crippen molar-refractivity contribution in [3.8, 4) is 6.07 Å². The van der Waals surface area contributed by atoms with Crippen molar-refractivity contribution in [1.82, 2.24) is 5.32 Å². The number of benzene rings is 1. The molecule has 2 rings (SSSR count). The minimum absolute atomic E-state index is 0.156. The maximum absolute atomic E-state index is 12.0. The van der Waals surface area contributed by atoms with E-state index >= 15 is 0 Å². The number of thioether (sulfide) groups is 1. The molecule has 0 atom stereocenters. The third-order valence-electron chi connectivity index (χ3n) is 3.02. The fourth-order valence-corrected chi connectivity index (χ4v) is 2.76. The summed E-state index contributed by atoms with van der Waals surface area (Å²) in [5, 5.41) is 14.0. The van der Waals surface area contributed by atoms with Gasteiger partial charge in [0, 0.05) is 30.0 Å². The fourth-order valence-electron chi connectivity index (χ4n) is 1.90. The highest BCUT2D eigenvalue weighted by atomic mass is 32.2. The molecule has 2 N–H and O–H groups in total. The van der Waals surface area contributed by atoms with E-state index in [-0.39, 0.29) is 30.5 Å². The van der Waals surface area contributed by atoms with Crippen LogP contribution in [0.1, 0.15) is 23.4 Å². The summed E-state index contributed by atoms with van der Waals surface area (Å²) < 4.78 is 4.97. The lowest BCUT2D eigenvalue weighted by molar-refractivity contribution is -0.116. The van der Waals surface area contributed by atoms with E-state index in [1.165, 1.54) is 18.0 Å². The Morgan fingerprint density at radius 1 is 1.21 bits per heavy atom. The van der Waals surface area contributed by atoms with Crippen molar-refractivity contribution in [2.24, 2.45) is 0 Å². The number of carbonyl (C=O) groups is 2. The number of nitrogens with one attached hydrogen (secondary N) is 2. The van der Waals surface area contributed by atoms with Gasteiger partial charge in [0.15, 0.2) is 5.76 Å². The summed E-state index contributed by atoms with van der Waals surface area (Å²) in [5.41, 5.74) is 0.711. The maximum Gasteiger partial charge on any atom is 0.286 e. The highest BCUT2D eigenvalue weighted by molar-refractivity contribution is 7.99. The Kier molecular flexibility index (Phi) is 6.92. The van der Waals surface area contributed by atoms with E-state index in [1.54, 1.807) is 12.1 Å². The van der Waals surface area contributed by atoms with Crippen molar-refractivity contribution >= 4 is 29.3 Å². The predicted octanol–water partition coefficient (Wildman–Crippen LogP) is 3.04. The Morgan fingerprint density at radius 2 is 2.04 bits per heavy atom. The van der Waals surface area contributed by atoms with E-state index in [4.69, 9.17) is 9.68 Å². The normalized spacial score (nSPS) is 9.96. The Balaban J connectivity index is 1.80. The number of carbonyl (C=O) groups excluding carboxylic acids is 2. The van der Waals surface area contributed by atoms with Gasteiger partial charge in [-0.3, -0.25) is 9.59 Å². The smallest absolute Gasteiger partial charge is 0.286 e. The Hall–Kier alpha value is -2.72. The second kappa shape index (κ2) is 9.43. The number of nitriles is 1. The van der Waals surface area contributed by atoms with Gasteiger partial charge in [0.1, 0.15) is 0 Å². The number of rotatable bonds is 8. The third kappa shape index (κ3) is 5.48. The molecular weight excluding hydrogens is 326 g/mol. The lowest BCUT2D eigenvalue weighted by atomic mass is 10.3. The molecule has 0 radical (unpaired) electrons. The highest BCUT2D eigenvalue weighted by Crippen LogP contribution is 2.27. The van der Waals surface area contributed by atoms with Crippen LogP contribution < -0.4 is 10.6 Å². The van der Waals surface area contributed by atoms with Gasteiger partial charge in [0.2, 0.25) is 5.91 Å². The number of para-hydroxylation sites is 1. The second-order valence-corrected chi connectivity index (χ2v) is 5.92. The van der Waals surface area contributed by atoms with Crippen LogP contribution in [0.2, 0.25) is 0 Å². The molecular formula is C17H17N3O3S. The van der Waals surface area contributed by atoms with Gasteiger partial charge in [-0.1, -0.05) is 12.1 Å². The minimum atomic E-state index is -0.347. The molecule has 0 aliphatic rings. The minimum Gasteiger partial charge on any atom is -0.459 e. The summed E-state index contributed by atoms with van der Waals surface area (Å²) in [7, 11) is 0. The SMILES string of the molecule is N#CCCSc1ccccc1NC(=O)CCNC(=O)c1ccco1. The first-order valence-electron chi connectivity index (χ1n) is 7.41. The van der Waals surface area contributed by atoms with Crippen molar-refractivity contribution < 1.29 is 14.0 Å². The predicted molar refractivity (Wildman–Crippen MR) is 91.7 cm³/mol. The van der Waals surface area contributed by atoms with Crippen LogP contribution in [0.4, 0.5) is 5.69 Å². The number of furan rings is 1. The van der Waals surface area contributed by atoms with E-state index in [0.29, 0.717) is 17.9 Å². The molecule has 7 heteroatoms. The first-order valence-corrected chi connectivity index (χ1v) is 8.39. The number of anilines is 1. The van der Waals surface area contributed by atoms with Crippen LogP contribution in [-0.2, 0) is 4.79 Å². The average molecular weight is 343 g/mol. The third-order valence-corrected chi connectivity index (χ3v) is 4.09. The molecule has 1 aromatic heterocycles. The lowest BCUT2D eigenvalue weighted by Gasteiger charge is -2.10. The Bertz CT molecular complexity index is 723. The van der Waals surface area contributed by atoms with Crippen LogP contribution in [0.25, 0.3) is 0 Å². The Morgan fingerprint density at radius 3 is 2.79 bits per heavy atom. The summed E-state index contributed by atoms with van der Waals surface area (Å²) in [6.45, 7) is 0.217. The number of hydrogen-bond acceptors (Lipinski definition) is 5. The lowest BCUT2D eigenvalue weighted by Crippen LogP contribution is -2.27. The zero-order valence-electron chi connectivity index (χ0n) is 13.0. The van der Waals surface area contributed by atoms with Crippen LogP contribution >= 0.6 is 11.8 Å². The first kappa shape index (κ1) is 17.6. The molecule has 0 unspecified atom stereocenters. The van der Waals surface area contributed by atoms with Gasteiger partial charge in [-0.15, -0.1) is 11.8 Å². The standard InChI is InChI=1S/C17H17N3O3S/c18-9-4-12-24-15-7-2-1-5-13(15)20-16(21)8-10-19-17(22)14-6-3-11-23-14/h1-3,5-7,11H,4,8,10,12H2,(H,19,22)(H,20,21). The summed E-state index contributed by atoms with van der Waals surface area (Å²) in [6, 6.07) is 12.7. The van der Waals surface area contributed by atoms with E-state index < -0.39 is 0 Å².